The van der Waals surface area contributed by atoms with Gasteiger partial charge in [0.15, 0.2) is 0 Å². The zero-order chi connectivity index (χ0) is 12.8. The molecule has 1 aromatic carbocycles. The first-order valence-corrected chi connectivity index (χ1v) is 6.08. The van der Waals surface area contributed by atoms with Crippen molar-refractivity contribution in [2.24, 2.45) is 0 Å². The van der Waals surface area contributed by atoms with E-state index in [0.29, 0.717) is 12.4 Å². The Kier molecular flexibility index (Phi) is 4.25. The molecule has 0 saturated heterocycles. The van der Waals surface area contributed by atoms with Gasteiger partial charge in [-0.3, -0.25) is 0 Å². The standard InChI is InChI=1S/C14H18N4/c1-11-4-2-3-5-12(11)6-8-16-10-14-17-9-7-13(15)18-14/h2-5,7,9,16H,6,8,10H2,1H3,(H2,15,17,18). The van der Waals surface area contributed by atoms with Crippen molar-refractivity contribution in [2.45, 2.75) is 19.9 Å². The SMILES string of the molecule is Cc1ccccc1CCNCc1nccc(N)n1. The van der Waals surface area contributed by atoms with Crippen molar-refractivity contribution in [1.29, 1.82) is 0 Å². The molecular weight excluding hydrogens is 224 g/mol. The van der Waals surface area contributed by atoms with Crippen LogP contribution in [0.1, 0.15) is 17.0 Å². The number of aromatic nitrogens is 2. The number of nitrogen functional groups attached to an aromatic ring is 1. The summed E-state index contributed by atoms with van der Waals surface area (Å²) in [5, 5.41) is 3.32. The fraction of sp³-hybridized carbons (Fsp3) is 0.286. The lowest BCUT2D eigenvalue weighted by Crippen LogP contribution is -2.18. The molecule has 1 heterocycles. The average molecular weight is 242 g/mol. The highest BCUT2D eigenvalue weighted by Gasteiger charge is 1.98. The Morgan fingerprint density at radius 1 is 1.22 bits per heavy atom. The fourth-order valence-electron chi connectivity index (χ4n) is 1.81. The topological polar surface area (TPSA) is 63.8 Å². The van der Waals surface area contributed by atoms with E-state index < -0.39 is 0 Å². The van der Waals surface area contributed by atoms with E-state index >= 15 is 0 Å². The molecule has 0 aliphatic carbocycles. The summed E-state index contributed by atoms with van der Waals surface area (Å²) >= 11 is 0. The highest BCUT2D eigenvalue weighted by molar-refractivity contribution is 5.26. The molecule has 2 rings (SSSR count). The third kappa shape index (κ3) is 3.53. The minimum Gasteiger partial charge on any atom is -0.384 e. The van der Waals surface area contributed by atoms with Gasteiger partial charge in [-0.1, -0.05) is 24.3 Å². The van der Waals surface area contributed by atoms with Crippen LogP contribution in [-0.4, -0.2) is 16.5 Å². The van der Waals surface area contributed by atoms with Crippen LogP contribution >= 0.6 is 0 Å². The Morgan fingerprint density at radius 2 is 2.06 bits per heavy atom. The second-order valence-corrected chi connectivity index (χ2v) is 4.25. The van der Waals surface area contributed by atoms with Crippen molar-refractivity contribution >= 4 is 5.82 Å². The van der Waals surface area contributed by atoms with Crippen molar-refractivity contribution in [1.82, 2.24) is 15.3 Å². The molecule has 3 N–H and O–H groups in total. The van der Waals surface area contributed by atoms with Crippen LogP contribution in [0, 0.1) is 6.92 Å². The Labute approximate surface area is 107 Å². The monoisotopic (exact) mass is 242 g/mol. The smallest absolute Gasteiger partial charge is 0.144 e. The molecule has 4 nitrogen and oxygen atoms in total. The van der Waals surface area contributed by atoms with Gasteiger partial charge in [0.1, 0.15) is 11.6 Å². The Morgan fingerprint density at radius 3 is 2.83 bits per heavy atom. The van der Waals surface area contributed by atoms with Gasteiger partial charge in [-0.2, -0.15) is 0 Å². The number of nitrogens with one attached hydrogen (secondary N) is 1. The van der Waals surface area contributed by atoms with Gasteiger partial charge in [-0.05, 0) is 37.1 Å². The van der Waals surface area contributed by atoms with Gasteiger partial charge in [0.25, 0.3) is 0 Å². The molecule has 0 fully saturated rings. The minimum absolute atomic E-state index is 0.515. The number of hydrogen-bond acceptors (Lipinski definition) is 4. The summed E-state index contributed by atoms with van der Waals surface area (Å²) in [4.78, 5) is 8.29. The first-order valence-electron chi connectivity index (χ1n) is 6.08. The van der Waals surface area contributed by atoms with Crippen molar-refractivity contribution in [3.8, 4) is 0 Å². The summed E-state index contributed by atoms with van der Waals surface area (Å²) in [6.07, 6.45) is 2.69. The van der Waals surface area contributed by atoms with E-state index in [9.17, 15) is 0 Å². The third-order valence-corrected chi connectivity index (χ3v) is 2.84. The van der Waals surface area contributed by atoms with Gasteiger partial charge in [0.2, 0.25) is 0 Å². The zero-order valence-corrected chi connectivity index (χ0v) is 10.6. The van der Waals surface area contributed by atoms with E-state index in [-0.39, 0.29) is 0 Å². The first-order chi connectivity index (χ1) is 8.75. The van der Waals surface area contributed by atoms with E-state index in [4.69, 9.17) is 5.73 Å². The third-order valence-electron chi connectivity index (χ3n) is 2.84. The van der Waals surface area contributed by atoms with Crippen LogP contribution in [0.4, 0.5) is 5.82 Å². The number of anilines is 1. The van der Waals surface area contributed by atoms with Gasteiger partial charge >= 0.3 is 0 Å². The van der Waals surface area contributed by atoms with Crippen LogP contribution in [0.2, 0.25) is 0 Å². The summed E-state index contributed by atoms with van der Waals surface area (Å²) in [7, 11) is 0. The maximum Gasteiger partial charge on any atom is 0.144 e. The molecule has 0 amide bonds. The summed E-state index contributed by atoms with van der Waals surface area (Å²) < 4.78 is 0. The maximum absolute atomic E-state index is 5.59. The predicted molar refractivity (Wildman–Crippen MR) is 73.0 cm³/mol. The second-order valence-electron chi connectivity index (χ2n) is 4.25. The van der Waals surface area contributed by atoms with Crippen molar-refractivity contribution < 1.29 is 0 Å². The number of nitrogens with zero attached hydrogens (tertiary/aromatic N) is 2. The van der Waals surface area contributed by atoms with Crippen molar-refractivity contribution in [3.63, 3.8) is 0 Å². The summed E-state index contributed by atoms with van der Waals surface area (Å²) in [5.74, 6) is 1.25. The predicted octanol–water partition coefficient (Wildman–Crippen LogP) is 1.70. The Bertz CT molecular complexity index is 511. The zero-order valence-electron chi connectivity index (χ0n) is 10.6. The van der Waals surface area contributed by atoms with Crippen LogP contribution in [0.5, 0.6) is 0 Å². The second kappa shape index (κ2) is 6.12. The van der Waals surface area contributed by atoms with Crippen LogP contribution in [0.3, 0.4) is 0 Å². The quantitative estimate of drug-likeness (QED) is 0.783. The fourth-order valence-corrected chi connectivity index (χ4v) is 1.81. The molecule has 0 atom stereocenters. The van der Waals surface area contributed by atoms with Gasteiger partial charge in [-0.25, -0.2) is 9.97 Å². The number of nitrogens with two attached hydrogens (primary N) is 1. The normalized spacial score (nSPS) is 10.5. The highest BCUT2D eigenvalue weighted by Crippen LogP contribution is 2.06. The molecule has 18 heavy (non-hydrogen) atoms. The van der Waals surface area contributed by atoms with Gasteiger partial charge < -0.3 is 11.1 Å². The Balaban J connectivity index is 1.78. The van der Waals surface area contributed by atoms with Crippen LogP contribution < -0.4 is 11.1 Å². The summed E-state index contributed by atoms with van der Waals surface area (Å²) in [6, 6.07) is 10.1. The van der Waals surface area contributed by atoms with Crippen LogP contribution in [0.25, 0.3) is 0 Å². The Hall–Kier alpha value is -1.94. The number of aryl methyl sites for hydroxylation is 1. The molecule has 0 radical (unpaired) electrons. The lowest BCUT2D eigenvalue weighted by atomic mass is 10.1. The molecule has 0 spiro atoms. The minimum atomic E-state index is 0.515. The molecule has 4 heteroatoms. The highest BCUT2D eigenvalue weighted by atomic mass is 15.0. The van der Waals surface area contributed by atoms with E-state index in [1.807, 2.05) is 0 Å². The lowest BCUT2D eigenvalue weighted by Gasteiger charge is -2.06. The lowest BCUT2D eigenvalue weighted by molar-refractivity contribution is 0.659. The number of benzene rings is 1. The molecule has 2 aromatic rings. The number of hydrogen-bond donors (Lipinski definition) is 2. The largest absolute Gasteiger partial charge is 0.384 e. The molecule has 0 aliphatic rings. The number of rotatable bonds is 5. The molecule has 0 saturated carbocycles. The average Bonchev–Trinajstić information content (AvgIpc) is 2.37. The summed E-state index contributed by atoms with van der Waals surface area (Å²) in [5.41, 5.74) is 8.30. The summed E-state index contributed by atoms with van der Waals surface area (Å²) in [6.45, 7) is 3.69. The molecule has 1 aromatic heterocycles. The molecule has 0 unspecified atom stereocenters. The molecule has 94 valence electrons. The van der Waals surface area contributed by atoms with E-state index in [1.165, 1.54) is 11.1 Å². The first kappa shape index (κ1) is 12.5. The van der Waals surface area contributed by atoms with E-state index in [0.717, 1.165) is 18.8 Å². The van der Waals surface area contributed by atoms with E-state index in [2.05, 4.69) is 46.5 Å². The van der Waals surface area contributed by atoms with Crippen molar-refractivity contribution in [3.05, 3.63) is 53.5 Å². The van der Waals surface area contributed by atoms with Crippen LogP contribution in [-0.2, 0) is 13.0 Å². The maximum atomic E-state index is 5.59. The van der Waals surface area contributed by atoms with Gasteiger partial charge in [-0.15, -0.1) is 0 Å². The van der Waals surface area contributed by atoms with E-state index in [1.54, 1.807) is 12.3 Å². The molecule has 0 bridgehead atoms. The molecular formula is C14H18N4. The van der Waals surface area contributed by atoms with Gasteiger partial charge in [0, 0.05) is 6.20 Å². The molecule has 0 aliphatic heterocycles. The van der Waals surface area contributed by atoms with Gasteiger partial charge in [0.05, 0.1) is 6.54 Å². The van der Waals surface area contributed by atoms with Crippen molar-refractivity contribution in [2.75, 3.05) is 12.3 Å². The van der Waals surface area contributed by atoms with Crippen LogP contribution in [0.15, 0.2) is 36.5 Å².